The van der Waals surface area contributed by atoms with E-state index in [0.717, 1.165) is 17.7 Å². The molecule has 0 saturated carbocycles. The van der Waals surface area contributed by atoms with Crippen molar-refractivity contribution in [3.05, 3.63) is 60.2 Å². The molecule has 2 aromatic carbocycles. The van der Waals surface area contributed by atoms with E-state index in [1.54, 1.807) is 12.1 Å². The third-order valence-corrected chi connectivity index (χ3v) is 3.27. The molecular weight excluding hydrogens is 304 g/mol. The van der Waals surface area contributed by atoms with Crippen molar-refractivity contribution in [2.75, 3.05) is 13.2 Å². The lowest BCUT2D eigenvalue weighted by molar-refractivity contribution is -0.123. The standard InChI is InChI=1S/C19H22N2O3/c1-3-16(15-10-6-5-7-11-15)20-21-19(22)14-24-18-13-9-8-12-17(18)23-4-2/h5-13H,3-4,14H2,1-2H3,(H,21,22)/b20-16+. The van der Waals surface area contributed by atoms with E-state index in [9.17, 15) is 4.79 Å². The van der Waals surface area contributed by atoms with E-state index < -0.39 is 0 Å². The van der Waals surface area contributed by atoms with Gasteiger partial charge in [-0.25, -0.2) is 5.43 Å². The number of carbonyl (C=O) groups excluding carboxylic acids is 1. The SMILES string of the molecule is CCOc1ccccc1OCC(=O)N/N=C(\CC)c1ccccc1. The monoisotopic (exact) mass is 326 g/mol. The number of nitrogens with zero attached hydrogens (tertiary/aromatic N) is 1. The molecule has 0 aliphatic heterocycles. The molecule has 5 heteroatoms. The van der Waals surface area contributed by atoms with Crippen molar-refractivity contribution in [2.24, 2.45) is 5.10 Å². The van der Waals surface area contributed by atoms with Gasteiger partial charge in [-0.05, 0) is 31.0 Å². The number of nitrogens with one attached hydrogen (secondary N) is 1. The van der Waals surface area contributed by atoms with Crippen LogP contribution in [0.5, 0.6) is 11.5 Å². The summed E-state index contributed by atoms with van der Waals surface area (Å²) in [6.45, 7) is 4.30. The quantitative estimate of drug-likeness (QED) is 0.597. The molecule has 0 aromatic heterocycles. The van der Waals surface area contributed by atoms with Crippen LogP contribution >= 0.6 is 0 Å². The second-order valence-electron chi connectivity index (χ2n) is 4.98. The maximum absolute atomic E-state index is 12.0. The predicted octanol–water partition coefficient (Wildman–Crippen LogP) is 3.39. The van der Waals surface area contributed by atoms with Crippen molar-refractivity contribution in [3.63, 3.8) is 0 Å². The molecule has 24 heavy (non-hydrogen) atoms. The van der Waals surface area contributed by atoms with Gasteiger partial charge in [-0.2, -0.15) is 5.10 Å². The number of hydrogen-bond donors (Lipinski definition) is 1. The molecular formula is C19H22N2O3. The molecule has 1 N–H and O–H groups in total. The highest BCUT2D eigenvalue weighted by Crippen LogP contribution is 2.26. The van der Waals surface area contributed by atoms with Crippen LogP contribution in [0, 0.1) is 0 Å². The maximum Gasteiger partial charge on any atom is 0.277 e. The maximum atomic E-state index is 12.0. The summed E-state index contributed by atoms with van der Waals surface area (Å²) in [5.41, 5.74) is 4.34. The summed E-state index contributed by atoms with van der Waals surface area (Å²) >= 11 is 0. The first-order valence-corrected chi connectivity index (χ1v) is 8.00. The number of carbonyl (C=O) groups is 1. The van der Waals surface area contributed by atoms with Gasteiger partial charge in [0.05, 0.1) is 12.3 Å². The lowest BCUT2D eigenvalue weighted by atomic mass is 10.1. The van der Waals surface area contributed by atoms with E-state index in [-0.39, 0.29) is 12.5 Å². The van der Waals surface area contributed by atoms with E-state index >= 15 is 0 Å². The third-order valence-electron chi connectivity index (χ3n) is 3.27. The zero-order valence-corrected chi connectivity index (χ0v) is 14.0. The van der Waals surface area contributed by atoms with Crippen molar-refractivity contribution in [1.82, 2.24) is 5.43 Å². The highest BCUT2D eigenvalue weighted by Gasteiger charge is 2.07. The van der Waals surface area contributed by atoms with Gasteiger partial charge in [0.25, 0.3) is 5.91 Å². The third kappa shape index (κ3) is 5.12. The Hall–Kier alpha value is -2.82. The highest BCUT2D eigenvalue weighted by molar-refractivity contribution is 6.00. The molecule has 0 atom stereocenters. The largest absolute Gasteiger partial charge is 0.490 e. The average molecular weight is 326 g/mol. The first-order valence-electron chi connectivity index (χ1n) is 8.00. The zero-order chi connectivity index (χ0) is 17.2. The van der Waals surface area contributed by atoms with E-state index in [4.69, 9.17) is 9.47 Å². The Morgan fingerprint density at radius 1 is 0.958 bits per heavy atom. The number of hydrogen-bond acceptors (Lipinski definition) is 4. The van der Waals surface area contributed by atoms with Gasteiger partial charge in [-0.3, -0.25) is 4.79 Å². The Kier molecular flexibility index (Phi) is 6.83. The van der Waals surface area contributed by atoms with Crippen molar-refractivity contribution in [2.45, 2.75) is 20.3 Å². The molecule has 1 amide bonds. The molecule has 0 aliphatic carbocycles. The van der Waals surface area contributed by atoms with Crippen molar-refractivity contribution in [1.29, 1.82) is 0 Å². The summed E-state index contributed by atoms with van der Waals surface area (Å²) in [6.07, 6.45) is 0.721. The van der Waals surface area contributed by atoms with Crippen LogP contribution in [-0.2, 0) is 4.79 Å². The summed E-state index contributed by atoms with van der Waals surface area (Å²) in [5, 5.41) is 4.19. The molecule has 0 spiro atoms. The van der Waals surface area contributed by atoms with Crippen LogP contribution in [-0.4, -0.2) is 24.8 Å². The normalized spacial score (nSPS) is 11.0. The van der Waals surface area contributed by atoms with Gasteiger partial charge in [0.1, 0.15) is 0 Å². The Labute approximate surface area is 142 Å². The lowest BCUT2D eigenvalue weighted by Crippen LogP contribution is -2.26. The minimum Gasteiger partial charge on any atom is -0.490 e. The molecule has 0 radical (unpaired) electrons. The zero-order valence-electron chi connectivity index (χ0n) is 14.0. The second kappa shape index (κ2) is 9.35. The van der Waals surface area contributed by atoms with Crippen molar-refractivity contribution < 1.29 is 14.3 Å². The fourth-order valence-electron chi connectivity index (χ4n) is 2.13. The molecule has 2 aromatic rings. The molecule has 0 saturated heterocycles. The molecule has 126 valence electrons. The van der Waals surface area contributed by atoms with Gasteiger partial charge in [-0.15, -0.1) is 0 Å². The topological polar surface area (TPSA) is 59.9 Å². The van der Waals surface area contributed by atoms with Crippen LogP contribution in [0.4, 0.5) is 0 Å². The Morgan fingerprint density at radius 2 is 1.58 bits per heavy atom. The van der Waals surface area contributed by atoms with E-state index in [1.807, 2.05) is 56.3 Å². The Morgan fingerprint density at radius 3 is 2.21 bits per heavy atom. The number of para-hydroxylation sites is 2. The van der Waals surface area contributed by atoms with Crippen LogP contribution in [0.1, 0.15) is 25.8 Å². The number of hydrazone groups is 1. The number of amides is 1. The molecule has 0 heterocycles. The summed E-state index contributed by atoms with van der Waals surface area (Å²) in [5.74, 6) is 0.843. The summed E-state index contributed by atoms with van der Waals surface area (Å²) in [4.78, 5) is 12.0. The van der Waals surface area contributed by atoms with Gasteiger partial charge in [0, 0.05) is 0 Å². The molecule has 0 aliphatic rings. The number of ether oxygens (including phenoxy) is 2. The second-order valence-corrected chi connectivity index (χ2v) is 4.98. The first-order chi connectivity index (χ1) is 11.7. The van der Waals surface area contributed by atoms with E-state index in [0.29, 0.717) is 18.1 Å². The van der Waals surface area contributed by atoms with Gasteiger partial charge in [0.15, 0.2) is 18.1 Å². The average Bonchev–Trinajstić information content (AvgIpc) is 2.62. The fourth-order valence-corrected chi connectivity index (χ4v) is 2.13. The summed E-state index contributed by atoms with van der Waals surface area (Å²) < 4.78 is 11.0. The van der Waals surface area contributed by atoms with Gasteiger partial charge in [0.2, 0.25) is 0 Å². The minimum atomic E-state index is -0.316. The molecule has 0 bridgehead atoms. The summed E-state index contributed by atoms with van der Waals surface area (Å²) in [6, 6.07) is 17.0. The summed E-state index contributed by atoms with van der Waals surface area (Å²) in [7, 11) is 0. The molecule has 0 fully saturated rings. The lowest BCUT2D eigenvalue weighted by Gasteiger charge is -2.11. The Bertz CT molecular complexity index is 684. The number of benzene rings is 2. The number of rotatable bonds is 8. The van der Waals surface area contributed by atoms with E-state index in [1.165, 1.54) is 0 Å². The van der Waals surface area contributed by atoms with Crippen LogP contribution in [0.3, 0.4) is 0 Å². The van der Waals surface area contributed by atoms with Crippen LogP contribution in [0.15, 0.2) is 59.7 Å². The molecule has 2 rings (SSSR count). The predicted molar refractivity (Wildman–Crippen MR) is 94.5 cm³/mol. The minimum absolute atomic E-state index is 0.126. The first kappa shape index (κ1) is 17.5. The molecule has 0 unspecified atom stereocenters. The highest BCUT2D eigenvalue weighted by atomic mass is 16.5. The smallest absolute Gasteiger partial charge is 0.277 e. The van der Waals surface area contributed by atoms with Crippen LogP contribution in [0.25, 0.3) is 0 Å². The molecule has 5 nitrogen and oxygen atoms in total. The van der Waals surface area contributed by atoms with Gasteiger partial charge < -0.3 is 9.47 Å². The van der Waals surface area contributed by atoms with Gasteiger partial charge in [-0.1, -0.05) is 49.4 Å². The fraction of sp³-hybridized carbons (Fsp3) is 0.263. The van der Waals surface area contributed by atoms with Gasteiger partial charge >= 0.3 is 0 Å². The Balaban J connectivity index is 1.93. The van der Waals surface area contributed by atoms with Crippen molar-refractivity contribution in [3.8, 4) is 11.5 Å². The van der Waals surface area contributed by atoms with E-state index in [2.05, 4.69) is 10.5 Å². The van der Waals surface area contributed by atoms with Crippen molar-refractivity contribution >= 4 is 11.6 Å². The van der Waals surface area contributed by atoms with Crippen LogP contribution < -0.4 is 14.9 Å². The van der Waals surface area contributed by atoms with Crippen LogP contribution in [0.2, 0.25) is 0 Å².